The number of hydrogen-bond acceptors (Lipinski definition) is 6. The van der Waals surface area contributed by atoms with Crippen LogP contribution in [0.1, 0.15) is 16.8 Å². The largest absolute Gasteiger partial charge is 1.00 e. The second kappa shape index (κ2) is 7.57. The Kier molecular flexibility index (Phi) is 5.45. The molecule has 0 unspecified atom stereocenters. The number of ether oxygens (including phenoxy) is 1. The van der Waals surface area contributed by atoms with Crippen LogP contribution in [-0.4, -0.2) is 19.7 Å². The first kappa shape index (κ1) is 17.3. The Labute approximate surface area is 165 Å². The van der Waals surface area contributed by atoms with Crippen LogP contribution in [0.15, 0.2) is 42.9 Å². The first-order valence-electron chi connectivity index (χ1n) is 7.15. The van der Waals surface area contributed by atoms with Crippen molar-refractivity contribution >= 4 is 11.8 Å². The number of hydrogen-bond donors (Lipinski definition) is 0. The second-order valence-electron chi connectivity index (χ2n) is 5.13. The smallest absolute Gasteiger partial charge is 0.858 e. The minimum Gasteiger partial charge on any atom is -0.858 e. The van der Waals surface area contributed by atoms with Gasteiger partial charge >= 0.3 is 29.6 Å². The molecule has 3 aromatic heterocycles. The van der Waals surface area contributed by atoms with Crippen molar-refractivity contribution in [2.45, 2.75) is 18.1 Å². The average Bonchev–Trinajstić information content (AvgIpc) is 3.17. The molecule has 0 saturated heterocycles. The molecule has 4 heterocycles. The summed E-state index contributed by atoms with van der Waals surface area (Å²) in [7, 11) is 0. The van der Waals surface area contributed by atoms with Crippen LogP contribution in [0.25, 0.3) is 5.82 Å². The predicted octanol–water partition coefficient (Wildman–Crippen LogP) is -0.934. The van der Waals surface area contributed by atoms with Gasteiger partial charge in [0.05, 0.1) is 5.69 Å². The number of aromatic nitrogens is 4. The van der Waals surface area contributed by atoms with E-state index in [9.17, 15) is 5.11 Å². The summed E-state index contributed by atoms with van der Waals surface area (Å²) in [5.74, 6) is 2.56. The quantitative estimate of drug-likeness (QED) is 0.567. The average molecular weight is 348 g/mol. The van der Waals surface area contributed by atoms with Gasteiger partial charge in [-0.3, -0.25) is 4.98 Å². The molecule has 0 N–H and O–H groups in total. The maximum atomic E-state index is 12.3. The maximum absolute atomic E-state index is 12.3. The molecule has 4 rings (SSSR count). The minimum atomic E-state index is -0.0816. The van der Waals surface area contributed by atoms with Gasteiger partial charge in [0.2, 0.25) is 0 Å². The third kappa shape index (κ3) is 3.44. The normalized spacial score (nSPS) is 12.5. The Morgan fingerprint density at radius 2 is 2.17 bits per heavy atom. The molecule has 0 bridgehead atoms. The zero-order chi connectivity index (χ0) is 15.6. The van der Waals surface area contributed by atoms with Crippen molar-refractivity contribution < 1.29 is 39.4 Å². The fourth-order valence-electron chi connectivity index (χ4n) is 2.40. The van der Waals surface area contributed by atoms with Crippen molar-refractivity contribution in [3.8, 4) is 17.4 Å². The van der Waals surface area contributed by atoms with Crippen LogP contribution in [0, 0.1) is 0 Å². The van der Waals surface area contributed by atoms with Gasteiger partial charge in [-0.05, 0) is 23.6 Å². The SMILES string of the molecule is [Na+].[O-]c1c2c(nn1-c1cc(OCc3cccnc3)ccn1)CSC2. The summed E-state index contributed by atoms with van der Waals surface area (Å²) in [6, 6.07) is 7.30. The summed E-state index contributed by atoms with van der Waals surface area (Å²) >= 11 is 1.71. The predicted molar refractivity (Wildman–Crippen MR) is 84.4 cm³/mol. The first-order chi connectivity index (χ1) is 11.3. The van der Waals surface area contributed by atoms with E-state index in [1.54, 1.807) is 42.5 Å². The summed E-state index contributed by atoms with van der Waals surface area (Å²) in [5.41, 5.74) is 2.63. The van der Waals surface area contributed by atoms with Crippen LogP contribution in [0.2, 0.25) is 0 Å². The number of fused-ring (bicyclic) bond motifs is 1. The topological polar surface area (TPSA) is 75.9 Å². The van der Waals surface area contributed by atoms with Gasteiger partial charge < -0.3 is 9.84 Å². The molecule has 24 heavy (non-hydrogen) atoms. The summed E-state index contributed by atoms with van der Waals surface area (Å²) in [5, 5.41) is 16.7. The Bertz CT molecular complexity index is 841. The molecule has 1 aliphatic heterocycles. The van der Waals surface area contributed by atoms with Gasteiger partial charge in [0.15, 0.2) is 5.82 Å². The van der Waals surface area contributed by atoms with E-state index < -0.39 is 0 Å². The van der Waals surface area contributed by atoms with Crippen molar-refractivity contribution in [1.82, 2.24) is 19.7 Å². The van der Waals surface area contributed by atoms with Gasteiger partial charge in [0, 0.05) is 41.7 Å². The van der Waals surface area contributed by atoms with Gasteiger partial charge in [0.25, 0.3) is 0 Å². The van der Waals surface area contributed by atoms with Crippen LogP contribution in [0.4, 0.5) is 0 Å². The number of pyridine rings is 2. The van der Waals surface area contributed by atoms with E-state index in [1.807, 2.05) is 12.1 Å². The summed E-state index contributed by atoms with van der Waals surface area (Å²) in [4.78, 5) is 8.29. The third-order valence-electron chi connectivity index (χ3n) is 3.57. The van der Waals surface area contributed by atoms with Crippen molar-refractivity contribution in [1.29, 1.82) is 0 Å². The number of nitrogens with zero attached hydrogens (tertiary/aromatic N) is 4. The fraction of sp³-hybridized carbons (Fsp3) is 0.188. The van der Waals surface area contributed by atoms with E-state index in [0.29, 0.717) is 18.2 Å². The van der Waals surface area contributed by atoms with Crippen LogP contribution in [0.3, 0.4) is 0 Å². The van der Waals surface area contributed by atoms with Crippen LogP contribution in [-0.2, 0) is 18.1 Å². The molecular weight excluding hydrogens is 335 g/mol. The van der Waals surface area contributed by atoms with Crippen molar-refractivity contribution in [2.75, 3.05) is 0 Å². The van der Waals surface area contributed by atoms with Crippen molar-refractivity contribution in [3.05, 3.63) is 59.7 Å². The van der Waals surface area contributed by atoms with Crippen molar-refractivity contribution in [2.24, 2.45) is 0 Å². The monoisotopic (exact) mass is 348 g/mol. The Hall–Kier alpha value is -1.54. The molecule has 0 aliphatic carbocycles. The summed E-state index contributed by atoms with van der Waals surface area (Å²) < 4.78 is 7.11. The number of rotatable bonds is 4. The van der Waals surface area contributed by atoms with E-state index in [1.165, 1.54) is 4.68 Å². The molecule has 0 fully saturated rings. The molecule has 0 spiro atoms. The molecule has 8 heteroatoms. The van der Waals surface area contributed by atoms with Crippen LogP contribution < -0.4 is 39.4 Å². The molecule has 1 aliphatic rings. The fourth-order valence-corrected chi connectivity index (χ4v) is 3.42. The van der Waals surface area contributed by atoms with E-state index in [0.717, 1.165) is 28.3 Å². The molecule has 0 aromatic carbocycles. The van der Waals surface area contributed by atoms with Gasteiger partial charge in [-0.15, -0.1) is 0 Å². The van der Waals surface area contributed by atoms with E-state index in [-0.39, 0.29) is 35.4 Å². The minimum absolute atomic E-state index is 0. The zero-order valence-electron chi connectivity index (χ0n) is 13.2. The third-order valence-corrected chi connectivity index (χ3v) is 4.54. The molecular formula is C16H13N4NaO2S. The van der Waals surface area contributed by atoms with Crippen molar-refractivity contribution in [3.63, 3.8) is 0 Å². The second-order valence-corrected chi connectivity index (χ2v) is 6.12. The molecule has 6 nitrogen and oxygen atoms in total. The molecule has 0 radical (unpaired) electrons. The zero-order valence-corrected chi connectivity index (χ0v) is 16.0. The Morgan fingerprint density at radius 1 is 1.25 bits per heavy atom. The molecule has 116 valence electrons. The van der Waals surface area contributed by atoms with E-state index in [2.05, 4.69) is 15.1 Å². The van der Waals surface area contributed by atoms with E-state index in [4.69, 9.17) is 4.74 Å². The molecule has 3 aromatic rings. The maximum Gasteiger partial charge on any atom is 1.00 e. The molecule has 0 atom stereocenters. The Morgan fingerprint density at radius 3 is 2.96 bits per heavy atom. The molecule has 0 saturated carbocycles. The van der Waals surface area contributed by atoms with Gasteiger partial charge in [-0.1, -0.05) is 6.07 Å². The summed E-state index contributed by atoms with van der Waals surface area (Å²) in [6.45, 7) is 0.410. The Balaban J connectivity index is 0.00000169. The van der Waals surface area contributed by atoms with E-state index >= 15 is 0 Å². The number of thioether (sulfide) groups is 1. The van der Waals surface area contributed by atoms with Gasteiger partial charge in [-0.25, -0.2) is 9.67 Å². The summed E-state index contributed by atoms with van der Waals surface area (Å²) in [6.07, 6.45) is 5.10. The van der Waals surface area contributed by atoms with Gasteiger partial charge in [-0.2, -0.15) is 16.9 Å². The molecule has 0 amide bonds. The first-order valence-corrected chi connectivity index (χ1v) is 8.30. The van der Waals surface area contributed by atoms with Crippen LogP contribution in [0.5, 0.6) is 11.6 Å². The van der Waals surface area contributed by atoms with Crippen LogP contribution >= 0.6 is 11.8 Å². The van der Waals surface area contributed by atoms with Gasteiger partial charge in [0.1, 0.15) is 12.4 Å². The standard InChI is InChI=1S/C16H14N4O2S.Na/c21-16-13-9-23-10-14(13)19-20(16)15-6-12(3-5-18-15)22-8-11-2-1-4-17-7-11;/h1-7,21H,8-10H2;/q;+1/p-1.